The molecule has 0 spiro atoms. The van der Waals surface area contributed by atoms with E-state index in [0.717, 1.165) is 44.1 Å². The number of hydrogen-bond acceptors (Lipinski definition) is 4. The van der Waals surface area contributed by atoms with Gasteiger partial charge in [-0.3, -0.25) is 0 Å². The molecule has 23 heavy (non-hydrogen) atoms. The van der Waals surface area contributed by atoms with Gasteiger partial charge in [0.2, 0.25) is 0 Å². The first-order chi connectivity index (χ1) is 11.0. The molecule has 4 heteroatoms. The summed E-state index contributed by atoms with van der Waals surface area (Å²) in [6.07, 6.45) is 9.41. The number of hydrogen-bond donors (Lipinski definition) is 2. The molecule has 0 aliphatic rings. The molecule has 0 atom stereocenters. The molecule has 130 valence electrons. The minimum atomic E-state index is -0.991. The molecule has 1 aromatic carbocycles. The lowest BCUT2D eigenvalue weighted by Crippen LogP contribution is -2.21. The van der Waals surface area contributed by atoms with E-state index in [-0.39, 0.29) is 17.9 Å². The number of carboxylic acid groups (broad SMARTS) is 1. The van der Waals surface area contributed by atoms with Crippen LogP contribution in [0.1, 0.15) is 75.8 Å². The van der Waals surface area contributed by atoms with Crippen molar-refractivity contribution in [3.8, 4) is 11.5 Å². The summed E-state index contributed by atoms with van der Waals surface area (Å²) in [5.41, 5.74) is 1.58. The highest BCUT2D eigenvalue weighted by Gasteiger charge is 2.09. The van der Waals surface area contributed by atoms with E-state index < -0.39 is 5.97 Å². The summed E-state index contributed by atoms with van der Waals surface area (Å²) in [7, 11) is 0. The van der Waals surface area contributed by atoms with Crippen molar-refractivity contribution in [3.63, 3.8) is 0 Å². The van der Waals surface area contributed by atoms with Crippen LogP contribution in [0.2, 0.25) is 0 Å². The van der Waals surface area contributed by atoms with Gasteiger partial charge in [-0.25, -0.2) is 0 Å². The molecular weight excluding hydrogens is 292 g/mol. The van der Waals surface area contributed by atoms with Crippen molar-refractivity contribution >= 4 is 5.97 Å². The normalized spacial score (nSPS) is 10.8. The van der Waals surface area contributed by atoms with E-state index in [1.807, 2.05) is 0 Å². The van der Waals surface area contributed by atoms with Gasteiger partial charge in [0.1, 0.15) is 11.5 Å². The predicted octanol–water partition coefficient (Wildman–Crippen LogP) is 3.46. The summed E-state index contributed by atoms with van der Waals surface area (Å²) in [6.45, 7) is 2.16. The highest BCUT2D eigenvalue weighted by atomic mass is 16.4. The van der Waals surface area contributed by atoms with Gasteiger partial charge in [-0.15, -0.1) is 0 Å². The number of aryl methyl sites for hydroxylation is 1. The van der Waals surface area contributed by atoms with Crippen LogP contribution in [0, 0.1) is 0 Å². The summed E-state index contributed by atoms with van der Waals surface area (Å²) >= 11 is 0. The highest BCUT2D eigenvalue weighted by molar-refractivity contribution is 5.64. The number of aromatic hydroxyl groups is 2. The maximum absolute atomic E-state index is 10.3. The van der Waals surface area contributed by atoms with E-state index in [9.17, 15) is 20.1 Å². The smallest absolute Gasteiger partial charge is 0.122 e. The number of phenolic OH excluding ortho intramolecular Hbond substituents is 2. The lowest BCUT2D eigenvalue weighted by atomic mass is 9.99. The maximum Gasteiger partial charge on any atom is 0.122 e. The fourth-order valence-corrected chi connectivity index (χ4v) is 2.78. The second-order valence-electron chi connectivity index (χ2n) is 6.21. The molecule has 0 heterocycles. The second kappa shape index (κ2) is 10.9. The van der Waals surface area contributed by atoms with Crippen LogP contribution >= 0.6 is 0 Å². The zero-order valence-corrected chi connectivity index (χ0v) is 14.1. The topological polar surface area (TPSA) is 80.6 Å². The molecule has 2 N–H and O–H groups in total. The fraction of sp³-hybridized carbons (Fsp3) is 0.632. The van der Waals surface area contributed by atoms with E-state index in [1.165, 1.54) is 12.8 Å². The minimum Gasteiger partial charge on any atom is -0.550 e. The molecule has 4 nitrogen and oxygen atoms in total. The lowest BCUT2D eigenvalue weighted by molar-refractivity contribution is -0.305. The van der Waals surface area contributed by atoms with Crippen molar-refractivity contribution in [2.45, 2.75) is 77.6 Å². The molecule has 0 aromatic heterocycles. The second-order valence-corrected chi connectivity index (χ2v) is 6.21. The van der Waals surface area contributed by atoms with Gasteiger partial charge in [0.15, 0.2) is 0 Å². The Labute approximate surface area is 139 Å². The van der Waals surface area contributed by atoms with Crippen LogP contribution in [0.15, 0.2) is 12.1 Å². The van der Waals surface area contributed by atoms with Crippen LogP contribution in [0.5, 0.6) is 11.5 Å². The Morgan fingerprint density at radius 1 is 0.913 bits per heavy atom. The van der Waals surface area contributed by atoms with Crippen LogP contribution in [0.4, 0.5) is 0 Å². The summed E-state index contributed by atoms with van der Waals surface area (Å²) < 4.78 is 0. The van der Waals surface area contributed by atoms with E-state index in [0.29, 0.717) is 18.4 Å². The molecule has 1 rings (SSSR count). The molecule has 0 amide bonds. The van der Waals surface area contributed by atoms with E-state index >= 15 is 0 Å². The number of carbonyl (C=O) groups is 1. The van der Waals surface area contributed by atoms with Gasteiger partial charge in [0, 0.05) is 11.5 Å². The summed E-state index contributed by atoms with van der Waals surface area (Å²) in [5, 5.41) is 30.5. The van der Waals surface area contributed by atoms with E-state index in [4.69, 9.17) is 0 Å². The van der Waals surface area contributed by atoms with Gasteiger partial charge in [-0.05, 0) is 56.2 Å². The van der Waals surface area contributed by atoms with Gasteiger partial charge in [0.05, 0.1) is 0 Å². The Morgan fingerprint density at radius 3 is 2.09 bits per heavy atom. The Hall–Kier alpha value is -1.71. The lowest BCUT2D eigenvalue weighted by Gasteiger charge is -2.10. The van der Waals surface area contributed by atoms with E-state index in [1.54, 1.807) is 12.1 Å². The molecule has 0 saturated heterocycles. The number of rotatable bonds is 12. The summed E-state index contributed by atoms with van der Waals surface area (Å²) in [5.74, 6) is -0.615. The molecule has 0 unspecified atom stereocenters. The number of benzene rings is 1. The quantitative estimate of drug-likeness (QED) is 0.578. The molecule has 0 aliphatic carbocycles. The molecule has 0 saturated carbocycles. The molecule has 0 aliphatic heterocycles. The van der Waals surface area contributed by atoms with Gasteiger partial charge in [-0.2, -0.15) is 0 Å². The number of phenols is 2. The largest absolute Gasteiger partial charge is 0.550 e. The van der Waals surface area contributed by atoms with E-state index in [2.05, 4.69) is 6.92 Å². The molecule has 0 radical (unpaired) electrons. The Balaban J connectivity index is 2.38. The third-order valence-electron chi connectivity index (χ3n) is 4.14. The van der Waals surface area contributed by atoms with Crippen molar-refractivity contribution in [2.75, 3.05) is 0 Å². The SMILES string of the molecule is CCCCCCc1c(O)cc(CCCCCCC(=O)[O-])cc1O. The number of unbranched alkanes of at least 4 members (excludes halogenated alkanes) is 6. The predicted molar refractivity (Wildman–Crippen MR) is 89.4 cm³/mol. The molecular formula is C19H29O4-. The van der Waals surface area contributed by atoms with Crippen molar-refractivity contribution < 1.29 is 20.1 Å². The molecule has 0 bridgehead atoms. The Bertz CT molecular complexity index is 459. The number of carbonyl (C=O) groups excluding carboxylic acids is 1. The maximum atomic E-state index is 10.3. The fourth-order valence-electron chi connectivity index (χ4n) is 2.78. The average molecular weight is 321 g/mol. The van der Waals surface area contributed by atoms with Gasteiger partial charge >= 0.3 is 0 Å². The average Bonchev–Trinajstić information content (AvgIpc) is 2.49. The highest BCUT2D eigenvalue weighted by Crippen LogP contribution is 2.31. The van der Waals surface area contributed by atoms with Crippen molar-refractivity contribution in [1.82, 2.24) is 0 Å². The zero-order valence-electron chi connectivity index (χ0n) is 14.1. The van der Waals surface area contributed by atoms with Crippen molar-refractivity contribution in [1.29, 1.82) is 0 Å². The van der Waals surface area contributed by atoms with Gasteiger partial charge in [0.25, 0.3) is 0 Å². The monoisotopic (exact) mass is 321 g/mol. The summed E-state index contributed by atoms with van der Waals surface area (Å²) in [6, 6.07) is 3.49. The van der Waals surface area contributed by atoms with Crippen LogP contribution in [-0.4, -0.2) is 16.2 Å². The third kappa shape index (κ3) is 7.91. The number of carboxylic acids is 1. The Kier molecular flexibility index (Phi) is 9.18. The van der Waals surface area contributed by atoms with Crippen LogP contribution in [-0.2, 0) is 17.6 Å². The zero-order chi connectivity index (χ0) is 17.1. The van der Waals surface area contributed by atoms with Crippen molar-refractivity contribution in [2.24, 2.45) is 0 Å². The minimum absolute atomic E-state index is 0.119. The van der Waals surface area contributed by atoms with Crippen LogP contribution < -0.4 is 5.11 Å². The van der Waals surface area contributed by atoms with Gasteiger partial charge < -0.3 is 20.1 Å². The summed E-state index contributed by atoms with van der Waals surface area (Å²) in [4.78, 5) is 10.3. The Morgan fingerprint density at radius 2 is 1.48 bits per heavy atom. The standard InChI is InChI=1S/C19H30O4/c1-2-3-4-8-11-16-17(20)13-15(14-18(16)21)10-7-5-6-9-12-19(22)23/h13-14,20-21H,2-12H2,1H3,(H,22,23)/p-1. The first-order valence-electron chi connectivity index (χ1n) is 8.78. The number of aliphatic carboxylic acids is 1. The van der Waals surface area contributed by atoms with Crippen LogP contribution in [0.3, 0.4) is 0 Å². The van der Waals surface area contributed by atoms with Gasteiger partial charge in [-0.1, -0.05) is 39.0 Å². The first-order valence-corrected chi connectivity index (χ1v) is 8.78. The molecule has 1 aromatic rings. The third-order valence-corrected chi connectivity index (χ3v) is 4.14. The van der Waals surface area contributed by atoms with Crippen LogP contribution in [0.25, 0.3) is 0 Å². The molecule has 0 fully saturated rings. The van der Waals surface area contributed by atoms with Crippen molar-refractivity contribution in [3.05, 3.63) is 23.3 Å². The first kappa shape index (κ1) is 19.3.